The minimum absolute atomic E-state index is 0.104. The average molecular weight is 242 g/mol. The zero-order valence-electron chi connectivity index (χ0n) is 10.6. The molecular weight excluding hydrogens is 220 g/mol. The molecule has 0 aromatic heterocycles. The summed E-state index contributed by atoms with van der Waals surface area (Å²) < 4.78 is 0. The molecule has 1 rings (SSSR count). The molecule has 1 amide bonds. The van der Waals surface area contributed by atoms with Crippen LogP contribution in [0.4, 0.5) is 0 Å². The second-order valence-electron chi connectivity index (χ2n) is 4.83. The molecule has 0 radical (unpaired) electrons. The van der Waals surface area contributed by atoms with Gasteiger partial charge in [-0.15, -0.1) is 0 Å². The van der Waals surface area contributed by atoms with Crippen molar-refractivity contribution >= 4 is 11.9 Å². The van der Waals surface area contributed by atoms with Crippen LogP contribution in [0.1, 0.15) is 39.5 Å². The number of aliphatic carboxylic acids is 1. The Hall–Kier alpha value is -1.10. The van der Waals surface area contributed by atoms with Crippen LogP contribution in [-0.2, 0) is 9.59 Å². The first-order valence-electron chi connectivity index (χ1n) is 6.28. The Kier molecular flexibility index (Phi) is 5.41. The normalized spacial score (nSPS) is 21.4. The number of carboxylic acid groups (broad SMARTS) is 1. The molecule has 0 saturated carbocycles. The maximum absolute atomic E-state index is 12.0. The molecule has 1 atom stereocenters. The van der Waals surface area contributed by atoms with Gasteiger partial charge in [0, 0.05) is 12.6 Å². The van der Waals surface area contributed by atoms with Crippen LogP contribution >= 0.6 is 0 Å². The SMILES string of the molecule is CC(C)NCC(=O)N1CCCCCC1C(=O)O. The van der Waals surface area contributed by atoms with Crippen LogP contribution in [-0.4, -0.2) is 47.1 Å². The zero-order chi connectivity index (χ0) is 12.8. The van der Waals surface area contributed by atoms with E-state index in [0.717, 1.165) is 19.3 Å². The van der Waals surface area contributed by atoms with Crippen LogP contribution in [0.25, 0.3) is 0 Å². The lowest BCUT2D eigenvalue weighted by molar-refractivity contribution is -0.149. The van der Waals surface area contributed by atoms with Gasteiger partial charge in [0.05, 0.1) is 6.54 Å². The van der Waals surface area contributed by atoms with Crippen molar-refractivity contribution < 1.29 is 14.7 Å². The number of hydrogen-bond acceptors (Lipinski definition) is 3. The first kappa shape index (κ1) is 14.0. The summed E-state index contributed by atoms with van der Waals surface area (Å²) in [4.78, 5) is 24.6. The first-order chi connectivity index (χ1) is 8.02. The van der Waals surface area contributed by atoms with Gasteiger partial charge in [-0.3, -0.25) is 4.79 Å². The fraction of sp³-hybridized carbons (Fsp3) is 0.833. The number of amides is 1. The number of carboxylic acids is 1. The van der Waals surface area contributed by atoms with E-state index in [9.17, 15) is 9.59 Å². The summed E-state index contributed by atoms with van der Waals surface area (Å²) in [6.07, 6.45) is 3.36. The molecule has 1 unspecified atom stereocenters. The molecule has 1 aliphatic rings. The summed E-state index contributed by atoms with van der Waals surface area (Å²) >= 11 is 0. The van der Waals surface area contributed by atoms with Gasteiger partial charge in [0.1, 0.15) is 6.04 Å². The molecule has 0 aromatic rings. The quantitative estimate of drug-likeness (QED) is 0.766. The molecule has 5 nitrogen and oxygen atoms in total. The van der Waals surface area contributed by atoms with E-state index in [-0.39, 0.29) is 18.5 Å². The third kappa shape index (κ3) is 4.34. The van der Waals surface area contributed by atoms with Gasteiger partial charge in [0.2, 0.25) is 5.91 Å². The van der Waals surface area contributed by atoms with Gasteiger partial charge in [-0.1, -0.05) is 26.7 Å². The first-order valence-corrected chi connectivity index (χ1v) is 6.28. The largest absolute Gasteiger partial charge is 0.480 e. The number of nitrogens with zero attached hydrogens (tertiary/aromatic N) is 1. The van der Waals surface area contributed by atoms with Crippen molar-refractivity contribution in [3.63, 3.8) is 0 Å². The van der Waals surface area contributed by atoms with Crippen molar-refractivity contribution in [2.75, 3.05) is 13.1 Å². The topological polar surface area (TPSA) is 69.6 Å². The predicted octanol–water partition coefficient (Wildman–Crippen LogP) is 0.840. The van der Waals surface area contributed by atoms with Crippen molar-refractivity contribution in [3.8, 4) is 0 Å². The monoisotopic (exact) mass is 242 g/mol. The van der Waals surface area contributed by atoms with Gasteiger partial charge in [0.15, 0.2) is 0 Å². The van der Waals surface area contributed by atoms with Gasteiger partial charge >= 0.3 is 5.97 Å². The van der Waals surface area contributed by atoms with Crippen molar-refractivity contribution in [1.29, 1.82) is 0 Å². The van der Waals surface area contributed by atoms with Crippen LogP contribution in [0.3, 0.4) is 0 Å². The van der Waals surface area contributed by atoms with Crippen molar-refractivity contribution in [2.24, 2.45) is 0 Å². The Morgan fingerprint density at radius 2 is 2.06 bits per heavy atom. The molecule has 1 saturated heterocycles. The number of nitrogens with one attached hydrogen (secondary N) is 1. The molecule has 98 valence electrons. The second-order valence-corrected chi connectivity index (χ2v) is 4.83. The van der Waals surface area contributed by atoms with E-state index >= 15 is 0 Å². The standard InChI is InChI=1S/C12H22N2O3/c1-9(2)13-8-11(15)14-7-5-3-4-6-10(14)12(16)17/h9-10,13H,3-8H2,1-2H3,(H,16,17). The molecule has 2 N–H and O–H groups in total. The lowest BCUT2D eigenvalue weighted by Gasteiger charge is -2.27. The molecule has 1 aliphatic heterocycles. The highest BCUT2D eigenvalue weighted by Gasteiger charge is 2.30. The Balaban J connectivity index is 2.62. The highest BCUT2D eigenvalue weighted by atomic mass is 16.4. The smallest absolute Gasteiger partial charge is 0.326 e. The Morgan fingerprint density at radius 1 is 1.35 bits per heavy atom. The highest BCUT2D eigenvalue weighted by molar-refractivity contribution is 5.84. The Morgan fingerprint density at radius 3 is 2.65 bits per heavy atom. The fourth-order valence-corrected chi connectivity index (χ4v) is 2.06. The minimum atomic E-state index is -0.884. The van der Waals surface area contributed by atoms with Crippen molar-refractivity contribution in [1.82, 2.24) is 10.2 Å². The van der Waals surface area contributed by atoms with E-state index in [4.69, 9.17) is 5.11 Å². The maximum atomic E-state index is 12.0. The summed E-state index contributed by atoms with van der Waals surface area (Å²) in [6.45, 7) is 4.71. The molecule has 0 bridgehead atoms. The Labute approximate surface area is 102 Å². The highest BCUT2D eigenvalue weighted by Crippen LogP contribution is 2.17. The van der Waals surface area contributed by atoms with Gasteiger partial charge in [0.25, 0.3) is 0 Å². The van der Waals surface area contributed by atoms with E-state index in [1.807, 2.05) is 13.8 Å². The number of carbonyl (C=O) groups excluding carboxylic acids is 1. The van der Waals surface area contributed by atoms with Crippen LogP contribution in [0.2, 0.25) is 0 Å². The lowest BCUT2D eigenvalue weighted by Crippen LogP contribution is -2.48. The summed E-state index contributed by atoms with van der Waals surface area (Å²) in [7, 11) is 0. The molecule has 1 fully saturated rings. The van der Waals surface area contributed by atoms with Gasteiger partial charge in [-0.2, -0.15) is 0 Å². The van der Waals surface area contributed by atoms with E-state index in [1.165, 1.54) is 4.90 Å². The van der Waals surface area contributed by atoms with Crippen LogP contribution in [0, 0.1) is 0 Å². The minimum Gasteiger partial charge on any atom is -0.480 e. The summed E-state index contributed by atoms with van der Waals surface area (Å²) in [6, 6.07) is -0.409. The number of carbonyl (C=O) groups is 2. The van der Waals surface area contributed by atoms with Crippen LogP contribution in [0.15, 0.2) is 0 Å². The van der Waals surface area contributed by atoms with E-state index in [0.29, 0.717) is 13.0 Å². The molecular formula is C12H22N2O3. The summed E-state index contributed by atoms with van der Waals surface area (Å²) in [5.74, 6) is -0.988. The van der Waals surface area contributed by atoms with Crippen LogP contribution in [0.5, 0.6) is 0 Å². The maximum Gasteiger partial charge on any atom is 0.326 e. The second kappa shape index (κ2) is 6.59. The fourth-order valence-electron chi connectivity index (χ4n) is 2.06. The number of rotatable bonds is 4. The number of hydrogen-bond donors (Lipinski definition) is 2. The summed E-state index contributed by atoms with van der Waals surface area (Å²) in [5.41, 5.74) is 0. The molecule has 1 heterocycles. The third-order valence-electron chi connectivity index (χ3n) is 3.02. The molecule has 0 aliphatic carbocycles. The van der Waals surface area contributed by atoms with E-state index < -0.39 is 12.0 Å². The average Bonchev–Trinajstić information content (AvgIpc) is 2.50. The van der Waals surface area contributed by atoms with E-state index in [1.54, 1.807) is 0 Å². The number of likely N-dealkylation sites (tertiary alicyclic amines) is 1. The predicted molar refractivity (Wildman–Crippen MR) is 64.7 cm³/mol. The van der Waals surface area contributed by atoms with Gasteiger partial charge in [-0.05, 0) is 12.8 Å². The molecule has 0 spiro atoms. The van der Waals surface area contributed by atoms with E-state index in [2.05, 4.69) is 5.32 Å². The summed E-state index contributed by atoms with van der Waals surface area (Å²) in [5, 5.41) is 12.2. The molecule has 5 heteroatoms. The van der Waals surface area contributed by atoms with Gasteiger partial charge < -0.3 is 15.3 Å². The lowest BCUT2D eigenvalue weighted by atomic mass is 10.1. The van der Waals surface area contributed by atoms with Gasteiger partial charge in [-0.25, -0.2) is 4.79 Å². The van der Waals surface area contributed by atoms with Crippen molar-refractivity contribution in [2.45, 2.75) is 51.6 Å². The molecule has 17 heavy (non-hydrogen) atoms. The third-order valence-corrected chi connectivity index (χ3v) is 3.02. The molecule has 0 aromatic carbocycles. The van der Waals surface area contributed by atoms with Crippen LogP contribution < -0.4 is 5.32 Å². The van der Waals surface area contributed by atoms with Crippen molar-refractivity contribution in [3.05, 3.63) is 0 Å². The zero-order valence-corrected chi connectivity index (χ0v) is 10.6. The Bertz CT molecular complexity index is 279.